The number of hydrogen-bond donors (Lipinski definition) is 2. The van der Waals surface area contributed by atoms with Crippen LogP contribution in [0.1, 0.15) is 5.56 Å². The van der Waals surface area contributed by atoms with Crippen LogP contribution in [-0.2, 0) is 16.0 Å². The Bertz CT molecular complexity index is 340. The van der Waals surface area contributed by atoms with Crippen molar-refractivity contribution in [1.82, 2.24) is 5.32 Å². The van der Waals surface area contributed by atoms with E-state index in [0.29, 0.717) is 11.6 Å². The molecule has 0 aliphatic rings. The third-order valence-electron chi connectivity index (χ3n) is 2.12. The highest BCUT2D eigenvalue weighted by Gasteiger charge is 2.00. The zero-order valence-electron chi connectivity index (χ0n) is 9.49. The highest BCUT2D eigenvalue weighted by atomic mass is 35.5. The summed E-state index contributed by atoms with van der Waals surface area (Å²) in [4.78, 5) is 11.2. The van der Waals surface area contributed by atoms with Crippen molar-refractivity contribution in [3.8, 4) is 0 Å². The first kappa shape index (κ1) is 14.0. The van der Waals surface area contributed by atoms with Crippen molar-refractivity contribution in [1.29, 1.82) is 0 Å². The van der Waals surface area contributed by atoms with Crippen molar-refractivity contribution >= 4 is 17.5 Å². The van der Waals surface area contributed by atoms with Crippen LogP contribution in [0, 0.1) is 0 Å². The standard InChI is InChI=1S/C12H16ClNO3/c13-11-3-1-10(2-4-11)5-6-14-12(16)9-17-8-7-15/h1-4,15H,5-9H2,(H,14,16). The van der Waals surface area contributed by atoms with Gasteiger partial charge in [0.05, 0.1) is 13.2 Å². The normalized spacial score (nSPS) is 10.2. The molecule has 94 valence electrons. The van der Waals surface area contributed by atoms with Crippen LogP contribution in [0.3, 0.4) is 0 Å². The summed E-state index contributed by atoms with van der Waals surface area (Å²) >= 11 is 5.76. The van der Waals surface area contributed by atoms with Gasteiger partial charge in [0.25, 0.3) is 0 Å². The minimum atomic E-state index is -0.174. The molecule has 0 fully saturated rings. The Kier molecular flexibility index (Phi) is 6.62. The van der Waals surface area contributed by atoms with Crippen molar-refractivity contribution < 1.29 is 14.6 Å². The van der Waals surface area contributed by atoms with Gasteiger partial charge in [-0.25, -0.2) is 0 Å². The minimum absolute atomic E-state index is 0.0127. The Morgan fingerprint density at radius 1 is 1.35 bits per heavy atom. The third-order valence-corrected chi connectivity index (χ3v) is 2.37. The first-order valence-corrected chi connectivity index (χ1v) is 5.80. The number of nitrogens with one attached hydrogen (secondary N) is 1. The number of rotatable bonds is 7. The van der Waals surface area contributed by atoms with Gasteiger partial charge in [-0.3, -0.25) is 4.79 Å². The van der Waals surface area contributed by atoms with Gasteiger partial charge in [0, 0.05) is 11.6 Å². The Hall–Kier alpha value is -1.10. The van der Waals surface area contributed by atoms with Crippen LogP contribution in [-0.4, -0.2) is 37.4 Å². The fraction of sp³-hybridized carbons (Fsp3) is 0.417. The lowest BCUT2D eigenvalue weighted by Crippen LogP contribution is -2.29. The lowest BCUT2D eigenvalue weighted by atomic mass is 10.1. The molecule has 1 rings (SSSR count). The smallest absolute Gasteiger partial charge is 0.246 e. The van der Waals surface area contributed by atoms with Crippen molar-refractivity contribution in [2.75, 3.05) is 26.4 Å². The molecule has 0 aromatic heterocycles. The Morgan fingerprint density at radius 3 is 2.71 bits per heavy atom. The zero-order chi connectivity index (χ0) is 12.5. The molecule has 0 saturated carbocycles. The summed E-state index contributed by atoms with van der Waals surface area (Å²) < 4.78 is 4.88. The number of carbonyl (C=O) groups excluding carboxylic acids is 1. The minimum Gasteiger partial charge on any atom is -0.394 e. The van der Waals surface area contributed by atoms with Crippen molar-refractivity contribution in [3.05, 3.63) is 34.9 Å². The zero-order valence-corrected chi connectivity index (χ0v) is 10.2. The van der Waals surface area contributed by atoms with Crippen molar-refractivity contribution in [2.24, 2.45) is 0 Å². The monoisotopic (exact) mass is 257 g/mol. The van der Waals surface area contributed by atoms with E-state index < -0.39 is 0 Å². The average molecular weight is 258 g/mol. The molecule has 4 nitrogen and oxygen atoms in total. The molecule has 0 bridgehead atoms. The van der Waals surface area contributed by atoms with E-state index in [1.807, 2.05) is 24.3 Å². The molecular formula is C12H16ClNO3. The summed E-state index contributed by atoms with van der Waals surface area (Å²) in [6.07, 6.45) is 0.753. The molecule has 5 heteroatoms. The van der Waals surface area contributed by atoms with Crippen LogP contribution in [0.2, 0.25) is 5.02 Å². The summed E-state index contributed by atoms with van der Waals surface area (Å²) in [7, 11) is 0. The maximum atomic E-state index is 11.2. The van der Waals surface area contributed by atoms with Crippen LogP contribution in [0.15, 0.2) is 24.3 Å². The van der Waals surface area contributed by atoms with Gasteiger partial charge in [0.15, 0.2) is 0 Å². The Labute approximate surface area is 106 Å². The lowest BCUT2D eigenvalue weighted by Gasteiger charge is -2.05. The van der Waals surface area contributed by atoms with Gasteiger partial charge in [-0.05, 0) is 24.1 Å². The summed E-state index contributed by atoms with van der Waals surface area (Å²) in [6, 6.07) is 7.50. The molecule has 0 radical (unpaired) electrons. The average Bonchev–Trinajstić information content (AvgIpc) is 2.32. The van der Waals surface area contributed by atoms with E-state index in [1.165, 1.54) is 0 Å². The summed E-state index contributed by atoms with van der Waals surface area (Å²) in [5.74, 6) is -0.174. The number of aliphatic hydroxyl groups excluding tert-OH is 1. The Morgan fingerprint density at radius 2 is 2.06 bits per heavy atom. The van der Waals surface area contributed by atoms with Gasteiger partial charge < -0.3 is 15.2 Å². The molecule has 0 atom stereocenters. The molecule has 17 heavy (non-hydrogen) atoms. The quantitative estimate of drug-likeness (QED) is 0.717. The second kappa shape index (κ2) is 8.06. The van der Waals surface area contributed by atoms with E-state index in [-0.39, 0.29) is 25.7 Å². The van der Waals surface area contributed by atoms with E-state index in [2.05, 4.69) is 5.32 Å². The van der Waals surface area contributed by atoms with Crippen molar-refractivity contribution in [3.63, 3.8) is 0 Å². The number of ether oxygens (including phenoxy) is 1. The van der Waals surface area contributed by atoms with Crippen LogP contribution >= 0.6 is 11.6 Å². The van der Waals surface area contributed by atoms with Crippen LogP contribution in [0.25, 0.3) is 0 Å². The van der Waals surface area contributed by atoms with Gasteiger partial charge >= 0.3 is 0 Å². The summed E-state index contributed by atoms with van der Waals surface area (Å²) in [6.45, 7) is 0.660. The second-order valence-corrected chi connectivity index (χ2v) is 3.94. The van der Waals surface area contributed by atoms with E-state index in [4.69, 9.17) is 21.4 Å². The molecule has 0 heterocycles. The van der Waals surface area contributed by atoms with Gasteiger partial charge in [0.2, 0.25) is 5.91 Å². The first-order valence-electron chi connectivity index (χ1n) is 5.42. The number of halogens is 1. The van der Waals surface area contributed by atoms with Gasteiger partial charge in [-0.1, -0.05) is 23.7 Å². The first-order chi connectivity index (χ1) is 8.22. The number of hydrogen-bond acceptors (Lipinski definition) is 3. The lowest BCUT2D eigenvalue weighted by molar-refractivity contribution is -0.125. The molecule has 0 unspecified atom stereocenters. The molecule has 2 N–H and O–H groups in total. The predicted octanol–water partition coefficient (Wildman–Crippen LogP) is 1.01. The topological polar surface area (TPSA) is 58.6 Å². The predicted molar refractivity (Wildman–Crippen MR) is 66.1 cm³/mol. The molecule has 1 aromatic carbocycles. The van der Waals surface area contributed by atoms with Crippen LogP contribution in [0.5, 0.6) is 0 Å². The summed E-state index contributed by atoms with van der Waals surface area (Å²) in [5.41, 5.74) is 1.12. The molecular weight excluding hydrogens is 242 g/mol. The highest BCUT2D eigenvalue weighted by Crippen LogP contribution is 2.09. The SMILES string of the molecule is O=C(COCCO)NCCc1ccc(Cl)cc1. The maximum Gasteiger partial charge on any atom is 0.246 e. The van der Waals surface area contributed by atoms with Crippen LogP contribution < -0.4 is 5.32 Å². The van der Waals surface area contributed by atoms with Crippen molar-refractivity contribution in [2.45, 2.75) is 6.42 Å². The van der Waals surface area contributed by atoms with Gasteiger partial charge in [0.1, 0.15) is 6.61 Å². The molecule has 0 aliphatic carbocycles. The molecule has 0 spiro atoms. The van der Waals surface area contributed by atoms with Gasteiger partial charge in [-0.2, -0.15) is 0 Å². The third kappa shape index (κ3) is 6.26. The largest absolute Gasteiger partial charge is 0.394 e. The second-order valence-electron chi connectivity index (χ2n) is 3.50. The van der Waals surface area contributed by atoms with E-state index in [9.17, 15) is 4.79 Å². The fourth-order valence-electron chi connectivity index (χ4n) is 1.28. The molecule has 1 amide bonds. The van der Waals surface area contributed by atoms with Crippen LogP contribution in [0.4, 0.5) is 0 Å². The van der Waals surface area contributed by atoms with E-state index in [0.717, 1.165) is 12.0 Å². The Balaban J connectivity index is 2.14. The number of benzene rings is 1. The highest BCUT2D eigenvalue weighted by molar-refractivity contribution is 6.30. The summed E-state index contributed by atoms with van der Waals surface area (Å²) in [5, 5.41) is 11.9. The number of carbonyl (C=O) groups is 1. The van der Waals surface area contributed by atoms with E-state index in [1.54, 1.807) is 0 Å². The number of amides is 1. The maximum absolute atomic E-state index is 11.2. The number of aliphatic hydroxyl groups is 1. The van der Waals surface area contributed by atoms with Gasteiger partial charge in [-0.15, -0.1) is 0 Å². The molecule has 0 saturated heterocycles. The fourth-order valence-corrected chi connectivity index (χ4v) is 1.40. The molecule has 1 aromatic rings. The van der Waals surface area contributed by atoms with E-state index >= 15 is 0 Å². The molecule has 0 aliphatic heterocycles.